The molecule has 19 heavy (non-hydrogen) atoms. The summed E-state index contributed by atoms with van der Waals surface area (Å²) >= 11 is 3.38. The molecule has 0 saturated heterocycles. The predicted octanol–water partition coefficient (Wildman–Crippen LogP) is 4.31. The molecule has 0 unspecified atom stereocenters. The van der Waals surface area contributed by atoms with Gasteiger partial charge in [-0.15, -0.1) is 0 Å². The molecular formula is C14H8BrFN2O. The zero-order valence-electron chi connectivity index (χ0n) is 9.68. The van der Waals surface area contributed by atoms with Crippen molar-refractivity contribution in [3.8, 4) is 22.8 Å². The lowest BCUT2D eigenvalue weighted by atomic mass is 10.2. The highest BCUT2D eigenvalue weighted by molar-refractivity contribution is 9.10. The van der Waals surface area contributed by atoms with Crippen LogP contribution >= 0.6 is 15.9 Å². The van der Waals surface area contributed by atoms with Gasteiger partial charge in [0.15, 0.2) is 0 Å². The lowest BCUT2D eigenvalue weighted by molar-refractivity contribution is 0.429. The van der Waals surface area contributed by atoms with Crippen molar-refractivity contribution in [1.29, 1.82) is 0 Å². The molecule has 0 amide bonds. The third-order valence-corrected chi connectivity index (χ3v) is 3.11. The normalized spacial score (nSPS) is 10.6. The van der Waals surface area contributed by atoms with Crippen molar-refractivity contribution in [2.45, 2.75) is 0 Å². The topological polar surface area (TPSA) is 38.9 Å². The molecule has 3 aromatic rings. The van der Waals surface area contributed by atoms with Crippen molar-refractivity contribution in [1.82, 2.24) is 10.1 Å². The summed E-state index contributed by atoms with van der Waals surface area (Å²) in [6.45, 7) is 0. The van der Waals surface area contributed by atoms with Crippen molar-refractivity contribution >= 4 is 15.9 Å². The summed E-state index contributed by atoms with van der Waals surface area (Å²) in [5.74, 6) is 0.222. The molecule has 0 atom stereocenters. The number of hydrogen-bond acceptors (Lipinski definition) is 3. The third kappa shape index (κ3) is 2.42. The van der Waals surface area contributed by atoms with Crippen LogP contribution < -0.4 is 0 Å². The standard InChI is InChI=1S/C14H8BrFN2O/c15-10-5-3-4-9(8-10)13-17-14(19-18-13)11-6-1-2-7-12(11)16/h1-8H. The van der Waals surface area contributed by atoms with Crippen LogP contribution in [0.15, 0.2) is 57.5 Å². The SMILES string of the molecule is Fc1ccccc1-c1nc(-c2cccc(Br)c2)no1. The number of nitrogens with zero attached hydrogens (tertiary/aromatic N) is 2. The zero-order chi connectivity index (χ0) is 13.2. The van der Waals surface area contributed by atoms with Gasteiger partial charge in [-0.2, -0.15) is 4.98 Å². The third-order valence-electron chi connectivity index (χ3n) is 2.61. The Morgan fingerprint density at radius 3 is 2.68 bits per heavy atom. The van der Waals surface area contributed by atoms with Gasteiger partial charge in [-0.25, -0.2) is 4.39 Å². The second-order valence-corrected chi connectivity index (χ2v) is 4.83. The second-order valence-electron chi connectivity index (χ2n) is 3.91. The average molecular weight is 319 g/mol. The fourth-order valence-corrected chi connectivity index (χ4v) is 2.11. The first kappa shape index (κ1) is 12.0. The molecule has 0 aliphatic heterocycles. The highest BCUT2D eigenvalue weighted by Gasteiger charge is 2.13. The Labute approximate surface area is 117 Å². The minimum absolute atomic E-state index is 0.174. The summed E-state index contributed by atoms with van der Waals surface area (Å²) in [4.78, 5) is 4.21. The molecule has 0 radical (unpaired) electrons. The van der Waals surface area contributed by atoms with Gasteiger partial charge >= 0.3 is 0 Å². The fraction of sp³-hybridized carbons (Fsp3) is 0. The highest BCUT2D eigenvalue weighted by atomic mass is 79.9. The van der Waals surface area contributed by atoms with Crippen molar-refractivity contribution in [2.75, 3.05) is 0 Å². The van der Waals surface area contributed by atoms with Crippen LogP contribution in [-0.4, -0.2) is 10.1 Å². The predicted molar refractivity (Wildman–Crippen MR) is 72.8 cm³/mol. The molecule has 5 heteroatoms. The quantitative estimate of drug-likeness (QED) is 0.707. The van der Waals surface area contributed by atoms with Gasteiger partial charge in [-0.1, -0.05) is 45.4 Å². The van der Waals surface area contributed by atoms with Gasteiger partial charge in [0.25, 0.3) is 5.89 Å². The molecule has 3 nitrogen and oxygen atoms in total. The molecule has 0 fully saturated rings. The van der Waals surface area contributed by atoms with E-state index in [1.54, 1.807) is 18.2 Å². The molecular weight excluding hydrogens is 311 g/mol. The van der Waals surface area contributed by atoms with E-state index in [1.807, 2.05) is 24.3 Å². The van der Waals surface area contributed by atoms with Gasteiger partial charge in [-0.3, -0.25) is 0 Å². The molecule has 0 N–H and O–H groups in total. The van der Waals surface area contributed by atoms with E-state index in [4.69, 9.17) is 4.52 Å². The Morgan fingerprint density at radius 2 is 1.89 bits per heavy atom. The van der Waals surface area contributed by atoms with E-state index in [0.717, 1.165) is 10.0 Å². The maximum atomic E-state index is 13.6. The summed E-state index contributed by atoms with van der Waals surface area (Å²) < 4.78 is 19.6. The summed E-state index contributed by atoms with van der Waals surface area (Å²) in [6, 6.07) is 13.8. The summed E-state index contributed by atoms with van der Waals surface area (Å²) in [6.07, 6.45) is 0. The van der Waals surface area contributed by atoms with Crippen molar-refractivity contribution in [2.24, 2.45) is 0 Å². The van der Waals surface area contributed by atoms with E-state index in [2.05, 4.69) is 26.1 Å². The van der Waals surface area contributed by atoms with E-state index < -0.39 is 0 Å². The Hall–Kier alpha value is -2.01. The Bertz CT molecular complexity index is 727. The van der Waals surface area contributed by atoms with Crippen molar-refractivity contribution in [3.63, 3.8) is 0 Å². The molecule has 1 aromatic heterocycles. The van der Waals surface area contributed by atoms with Crippen LogP contribution in [0.5, 0.6) is 0 Å². The molecule has 1 heterocycles. The van der Waals surface area contributed by atoms with Crippen LogP contribution in [0.4, 0.5) is 4.39 Å². The number of halogens is 2. The number of aromatic nitrogens is 2. The molecule has 3 rings (SSSR count). The van der Waals surface area contributed by atoms with E-state index in [1.165, 1.54) is 6.07 Å². The minimum atomic E-state index is -0.382. The maximum Gasteiger partial charge on any atom is 0.261 e. The smallest absolute Gasteiger partial charge is 0.261 e. The first-order chi connectivity index (χ1) is 9.24. The van der Waals surface area contributed by atoms with Crippen LogP contribution in [-0.2, 0) is 0 Å². The summed E-state index contributed by atoms with van der Waals surface area (Å²) in [5.41, 5.74) is 1.11. The van der Waals surface area contributed by atoms with E-state index in [-0.39, 0.29) is 11.7 Å². The number of rotatable bonds is 2. The number of hydrogen-bond donors (Lipinski definition) is 0. The molecule has 0 aliphatic rings. The van der Waals surface area contributed by atoms with Crippen LogP contribution in [0.25, 0.3) is 22.8 Å². The molecule has 0 aliphatic carbocycles. The number of benzene rings is 2. The fourth-order valence-electron chi connectivity index (χ4n) is 1.71. The van der Waals surface area contributed by atoms with Crippen LogP contribution in [0.1, 0.15) is 0 Å². The van der Waals surface area contributed by atoms with Gasteiger partial charge in [-0.05, 0) is 24.3 Å². The van der Waals surface area contributed by atoms with Gasteiger partial charge < -0.3 is 4.52 Å². The van der Waals surface area contributed by atoms with Crippen LogP contribution in [0.2, 0.25) is 0 Å². The monoisotopic (exact) mass is 318 g/mol. The van der Waals surface area contributed by atoms with Crippen LogP contribution in [0, 0.1) is 5.82 Å². The van der Waals surface area contributed by atoms with Gasteiger partial charge in [0, 0.05) is 10.0 Å². The molecule has 0 bridgehead atoms. The van der Waals surface area contributed by atoms with E-state index >= 15 is 0 Å². The first-order valence-electron chi connectivity index (χ1n) is 5.58. The Morgan fingerprint density at radius 1 is 1.05 bits per heavy atom. The van der Waals surface area contributed by atoms with Gasteiger partial charge in [0.1, 0.15) is 5.82 Å². The Balaban J connectivity index is 2.03. The summed E-state index contributed by atoms with van der Waals surface area (Å²) in [7, 11) is 0. The second kappa shape index (κ2) is 4.93. The lowest BCUT2D eigenvalue weighted by Gasteiger charge is -1.95. The molecule has 2 aromatic carbocycles. The van der Waals surface area contributed by atoms with Gasteiger partial charge in [0.05, 0.1) is 5.56 Å². The van der Waals surface area contributed by atoms with Crippen molar-refractivity contribution < 1.29 is 8.91 Å². The van der Waals surface area contributed by atoms with Crippen LogP contribution in [0.3, 0.4) is 0 Å². The average Bonchev–Trinajstić information content (AvgIpc) is 2.89. The summed E-state index contributed by atoms with van der Waals surface area (Å²) in [5, 5.41) is 3.87. The van der Waals surface area contributed by atoms with E-state index in [9.17, 15) is 4.39 Å². The van der Waals surface area contributed by atoms with E-state index in [0.29, 0.717) is 11.4 Å². The highest BCUT2D eigenvalue weighted by Crippen LogP contribution is 2.25. The van der Waals surface area contributed by atoms with Gasteiger partial charge in [0.2, 0.25) is 5.82 Å². The Kier molecular flexibility index (Phi) is 3.13. The first-order valence-corrected chi connectivity index (χ1v) is 6.38. The lowest BCUT2D eigenvalue weighted by Crippen LogP contribution is -1.84. The largest absolute Gasteiger partial charge is 0.334 e. The molecule has 94 valence electrons. The maximum absolute atomic E-state index is 13.6. The zero-order valence-corrected chi connectivity index (χ0v) is 11.3. The molecule has 0 saturated carbocycles. The van der Waals surface area contributed by atoms with Crippen molar-refractivity contribution in [3.05, 3.63) is 58.8 Å². The minimum Gasteiger partial charge on any atom is -0.334 e. The molecule has 0 spiro atoms.